The summed E-state index contributed by atoms with van der Waals surface area (Å²) < 4.78 is 25.9. The van der Waals surface area contributed by atoms with Gasteiger partial charge in [-0.05, 0) is 66.8 Å². The van der Waals surface area contributed by atoms with Crippen LogP contribution in [-0.2, 0) is 4.79 Å². The van der Waals surface area contributed by atoms with E-state index in [-0.39, 0.29) is 17.4 Å². The second-order valence-corrected chi connectivity index (χ2v) is 5.62. The van der Waals surface area contributed by atoms with E-state index in [0.29, 0.717) is 0 Å². The first-order valence-electron chi connectivity index (χ1n) is 7.59. The number of rotatable bonds is 2. The van der Waals surface area contributed by atoms with Crippen LogP contribution in [0.4, 0.5) is 8.78 Å². The molecule has 0 amide bonds. The summed E-state index contributed by atoms with van der Waals surface area (Å²) in [5.41, 5.74) is 3.10. The molecule has 0 aromatic heterocycles. The van der Waals surface area contributed by atoms with Gasteiger partial charge in [-0.2, -0.15) is 0 Å². The molecule has 0 bridgehead atoms. The van der Waals surface area contributed by atoms with Gasteiger partial charge in [0.2, 0.25) is 0 Å². The Morgan fingerprint density at radius 3 is 1.48 bits per heavy atom. The number of allylic oxidation sites excluding steroid dienone is 2. The standard InChI is InChI=1S/C20H16F2O/c21-18-8-4-14(5-9-18)12-16-2-1-3-17(20(16)23)13-15-6-10-19(22)11-7-15/h4-13H,1-3H2/b16-12-,17-13?. The van der Waals surface area contributed by atoms with Gasteiger partial charge in [0.15, 0.2) is 5.78 Å². The number of carbonyl (C=O) groups is 1. The molecule has 0 unspecified atom stereocenters. The molecule has 0 saturated heterocycles. The van der Waals surface area contributed by atoms with Crippen LogP contribution in [0.5, 0.6) is 0 Å². The molecular weight excluding hydrogens is 294 g/mol. The number of ketones is 1. The summed E-state index contributed by atoms with van der Waals surface area (Å²) in [7, 11) is 0. The first-order valence-corrected chi connectivity index (χ1v) is 7.59. The van der Waals surface area contributed by atoms with Crippen LogP contribution in [0.2, 0.25) is 0 Å². The SMILES string of the molecule is O=C1C(=Cc2ccc(F)cc2)CCC/C1=C/c1ccc(F)cc1. The van der Waals surface area contributed by atoms with Gasteiger partial charge in [-0.3, -0.25) is 4.79 Å². The molecular formula is C20H16F2O. The molecule has 3 heteroatoms. The van der Waals surface area contributed by atoms with Crippen LogP contribution in [0.1, 0.15) is 30.4 Å². The Bertz CT molecular complexity index is 703. The molecule has 1 fully saturated rings. The summed E-state index contributed by atoms with van der Waals surface area (Å²) in [6, 6.07) is 12.2. The summed E-state index contributed by atoms with van der Waals surface area (Å²) in [5, 5.41) is 0. The molecule has 2 aromatic rings. The van der Waals surface area contributed by atoms with Crippen LogP contribution in [0.15, 0.2) is 59.7 Å². The number of hydrogen-bond donors (Lipinski definition) is 0. The second kappa shape index (κ2) is 6.69. The molecule has 3 rings (SSSR count). The lowest BCUT2D eigenvalue weighted by atomic mass is 9.87. The zero-order valence-electron chi connectivity index (χ0n) is 12.6. The van der Waals surface area contributed by atoms with Gasteiger partial charge < -0.3 is 0 Å². The predicted octanol–water partition coefficient (Wildman–Crippen LogP) is 5.18. The number of benzene rings is 2. The van der Waals surface area contributed by atoms with E-state index in [4.69, 9.17) is 0 Å². The molecule has 1 nitrogen and oxygen atoms in total. The van der Waals surface area contributed by atoms with Crippen LogP contribution >= 0.6 is 0 Å². The first kappa shape index (κ1) is 15.3. The van der Waals surface area contributed by atoms with E-state index in [1.165, 1.54) is 24.3 Å². The van der Waals surface area contributed by atoms with E-state index in [0.717, 1.165) is 41.5 Å². The lowest BCUT2D eigenvalue weighted by Gasteiger charge is -2.16. The number of halogens is 2. The Labute approximate surface area is 134 Å². The van der Waals surface area contributed by atoms with E-state index in [1.807, 2.05) is 12.2 Å². The third-order valence-corrected chi connectivity index (χ3v) is 3.90. The van der Waals surface area contributed by atoms with E-state index < -0.39 is 0 Å². The van der Waals surface area contributed by atoms with Crippen LogP contribution in [-0.4, -0.2) is 5.78 Å². The van der Waals surface area contributed by atoms with Crippen molar-refractivity contribution in [2.24, 2.45) is 0 Å². The highest BCUT2D eigenvalue weighted by atomic mass is 19.1. The Hall–Kier alpha value is -2.55. The molecule has 1 saturated carbocycles. The van der Waals surface area contributed by atoms with Crippen molar-refractivity contribution >= 4 is 17.9 Å². The maximum atomic E-state index is 13.0. The summed E-state index contributed by atoms with van der Waals surface area (Å²) >= 11 is 0. The highest BCUT2D eigenvalue weighted by Crippen LogP contribution is 2.28. The van der Waals surface area contributed by atoms with Crippen molar-refractivity contribution in [2.45, 2.75) is 19.3 Å². The minimum absolute atomic E-state index is 0.0184. The van der Waals surface area contributed by atoms with Crippen molar-refractivity contribution < 1.29 is 13.6 Å². The quantitative estimate of drug-likeness (QED) is 0.698. The van der Waals surface area contributed by atoms with Gasteiger partial charge in [0, 0.05) is 11.1 Å². The first-order chi connectivity index (χ1) is 11.1. The van der Waals surface area contributed by atoms with Crippen LogP contribution < -0.4 is 0 Å². The van der Waals surface area contributed by atoms with Crippen molar-refractivity contribution in [1.29, 1.82) is 0 Å². The monoisotopic (exact) mass is 310 g/mol. The van der Waals surface area contributed by atoms with Gasteiger partial charge in [-0.1, -0.05) is 24.3 Å². The summed E-state index contributed by atoms with van der Waals surface area (Å²) in [4.78, 5) is 12.6. The zero-order chi connectivity index (χ0) is 16.2. The molecule has 0 atom stereocenters. The Kier molecular flexibility index (Phi) is 4.47. The van der Waals surface area contributed by atoms with E-state index in [9.17, 15) is 13.6 Å². The fraction of sp³-hybridized carbons (Fsp3) is 0.150. The molecule has 0 heterocycles. The van der Waals surface area contributed by atoms with Crippen LogP contribution in [0, 0.1) is 11.6 Å². The van der Waals surface area contributed by atoms with E-state index >= 15 is 0 Å². The molecule has 23 heavy (non-hydrogen) atoms. The highest BCUT2D eigenvalue weighted by Gasteiger charge is 2.20. The molecule has 0 radical (unpaired) electrons. The molecule has 116 valence electrons. The summed E-state index contributed by atoms with van der Waals surface area (Å²) in [6.45, 7) is 0. The lowest BCUT2D eigenvalue weighted by Crippen LogP contribution is -2.12. The minimum atomic E-state index is -0.293. The molecule has 0 aliphatic heterocycles. The average Bonchev–Trinajstić information content (AvgIpc) is 2.55. The second-order valence-electron chi connectivity index (χ2n) is 5.62. The summed E-state index contributed by atoms with van der Waals surface area (Å²) in [6.07, 6.45) is 5.97. The van der Waals surface area contributed by atoms with Gasteiger partial charge in [0.1, 0.15) is 11.6 Å². The topological polar surface area (TPSA) is 17.1 Å². The van der Waals surface area contributed by atoms with Crippen molar-refractivity contribution in [3.63, 3.8) is 0 Å². The van der Waals surface area contributed by atoms with Crippen molar-refractivity contribution in [3.05, 3.63) is 82.4 Å². The lowest BCUT2D eigenvalue weighted by molar-refractivity contribution is -0.112. The Morgan fingerprint density at radius 2 is 1.09 bits per heavy atom. The maximum absolute atomic E-state index is 13.0. The fourth-order valence-corrected chi connectivity index (χ4v) is 2.70. The summed E-state index contributed by atoms with van der Waals surface area (Å²) in [5.74, 6) is -0.567. The van der Waals surface area contributed by atoms with Crippen LogP contribution in [0.3, 0.4) is 0 Å². The fourth-order valence-electron chi connectivity index (χ4n) is 2.70. The molecule has 2 aromatic carbocycles. The van der Waals surface area contributed by atoms with Crippen LogP contribution in [0.25, 0.3) is 12.2 Å². The maximum Gasteiger partial charge on any atom is 0.185 e. The average molecular weight is 310 g/mol. The normalized spacial score (nSPS) is 18.6. The molecule has 0 N–H and O–H groups in total. The van der Waals surface area contributed by atoms with E-state index in [2.05, 4.69) is 0 Å². The molecule has 1 aliphatic rings. The van der Waals surface area contributed by atoms with E-state index in [1.54, 1.807) is 24.3 Å². The Morgan fingerprint density at radius 1 is 0.696 bits per heavy atom. The van der Waals surface area contributed by atoms with Gasteiger partial charge >= 0.3 is 0 Å². The molecule has 1 aliphatic carbocycles. The zero-order valence-corrected chi connectivity index (χ0v) is 12.6. The van der Waals surface area contributed by atoms with Gasteiger partial charge in [0.05, 0.1) is 0 Å². The highest BCUT2D eigenvalue weighted by molar-refractivity contribution is 6.13. The number of carbonyl (C=O) groups excluding carboxylic acids is 1. The van der Waals surface area contributed by atoms with Crippen molar-refractivity contribution in [3.8, 4) is 0 Å². The molecule has 0 spiro atoms. The smallest absolute Gasteiger partial charge is 0.185 e. The van der Waals surface area contributed by atoms with Gasteiger partial charge in [0.25, 0.3) is 0 Å². The predicted molar refractivity (Wildman–Crippen MR) is 87.6 cm³/mol. The van der Waals surface area contributed by atoms with Gasteiger partial charge in [-0.15, -0.1) is 0 Å². The van der Waals surface area contributed by atoms with Gasteiger partial charge in [-0.25, -0.2) is 8.78 Å². The van der Waals surface area contributed by atoms with Crippen molar-refractivity contribution in [1.82, 2.24) is 0 Å². The minimum Gasteiger partial charge on any atom is -0.289 e. The van der Waals surface area contributed by atoms with Crippen molar-refractivity contribution in [2.75, 3.05) is 0 Å². The Balaban J connectivity index is 1.86. The number of hydrogen-bond acceptors (Lipinski definition) is 1. The largest absolute Gasteiger partial charge is 0.289 e. The number of Topliss-reactive ketones (excluding diaryl/α,β-unsaturated/α-hetero) is 1. The third kappa shape index (κ3) is 3.81. The third-order valence-electron chi connectivity index (χ3n) is 3.90.